The average Bonchev–Trinajstić information content (AvgIpc) is 3.36. The second kappa shape index (κ2) is 14.1. The van der Waals surface area contributed by atoms with Gasteiger partial charge in [0.2, 0.25) is 0 Å². The molecule has 0 saturated heterocycles. The second-order valence-electron chi connectivity index (χ2n) is 9.60. The van der Waals surface area contributed by atoms with Gasteiger partial charge < -0.3 is 24.5 Å². The molecule has 43 heavy (non-hydrogen) atoms. The summed E-state index contributed by atoms with van der Waals surface area (Å²) in [5, 5.41) is 0. The van der Waals surface area contributed by atoms with E-state index in [1.165, 1.54) is 12.0 Å². The van der Waals surface area contributed by atoms with Gasteiger partial charge in [0.1, 0.15) is 17.4 Å². The van der Waals surface area contributed by atoms with E-state index in [-0.39, 0.29) is 31.3 Å². The Morgan fingerprint density at radius 2 is 1.81 bits per heavy atom. The van der Waals surface area contributed by atoms with Crippen molar-refractivity contribution >= 4 is 40.7 Å². The van der Waals surface area contributed by atoms with Crippen LogP contribution in [0, 0.1) is 0 Å². The minimum atomic E-state index is -0.731. The van der Waals surface area contributed by atoms with Crippen molar-refractivity contribution in [3.63, 3.8) is 0 Å². The van der Waals surface area contributed by atoms with Crippen LogP contribution in [-0.4, -0.2) is 58.6 Å². The molecule has 0 radical (unpaired) electrons. The molecule has 0 aliphatic carbocycles. The lowest BCUT2D eigenvalue weighted by Crippen LogP contribution is -2.33. The number of imidazole rings is 1. The van der Waals surface area contributed by atoms with Crippen LogP contribution < -0.4 is 15.4 Å². The molecular weight excluding hydrogens is 552 g/mol. The number of esters is 1. The minimum absolute atomic E-state index is 0.0233. The Hall–Kier alpha value is -5.26. The molecule has 1 atom stereocenters. The molecular formula is C31H34N6O6. The fraction of sp³-hybridized carbons (Fsp3) is 0.290. The van der Waals surface area contributed by atoms with Gasteiger partial charge in [-0.3, -0.25) is 14.5 Å². The Kier molecular flexibility index (Phi) is 10.0. The number of fused-ring (bicyclic) bond motifs is 1. The highest BCUT2D eigenvalue weighted by Crippen LogP contribution is 2.26. The zero-order chi connectivity index (χ0) is 30.9. The largest absolute Gasteiger partial charge is 0.483 e. The van der Waals surface area contributed by atoms with Crippen molar-refractivity contribution in [3.05, 3.63) is 83.8 Å². The number of hydrogen-bond acceptors (Lipinski definition) is 8. The second-order valence-corrected chi connectivity index (χ2v) is 9.60. The molecule has 12 heteroatoms. The number of carbonyl (C=O) groups is 3. The number of carbonyl (C=O) groups excluding carboxylic acids is 3. The Bertz CT molecular complexity index is 1620. The average molecular weight is 587 g/mol. The quantitative estimate of drug-likeness (QED) is 0.151. The van der Waals surface area contributed by atoms with Gasteiger partial charge in [-0.05, 0) is 67.9 Å². The SMILES string of the molecule is CCCOC(=O)/N=C(/N)c1ccc(OC(C)c2nc3cc(C(=O)N(CCC(=O)OC)c4ccccn4)ccc3n2C)cc1. The molecule has 2 N–H and O–H groups in total. The van der Waals surface area contributed by atoms with Crippen molar-refractivity contribution < 1.29 is 28.6 Å². The van der Waals surface area contributed by atoms with Gasteiger partial charge in [-0.15, -0.1) is 0 Å². The molecule has 0 aliphatic rings. The summed E-state index contributed by atoms with van der Waals surface area (Å²) in [6.07, 6.45) is 1.13. The highest BCUT2D eigenvalue weighted by Gasteiger charge is 2.22. The number of aromatic nitrogens is 3. The summed E-state index contributed by atoms with van der Waals surface area (Å²) >= 11 is 0. The van der Waals surface area contributed by atoms with Crippen molar-refractivity contribution in [2.75, 3.05) is 25.2 Å². The van der Waals surface area contributed by atoms with E-state index in [1.807, 2.05) is 31.5 Å². The summed E-state index contributed by atoms with van der Waals surface area (Å²) in [6.45, 7) is 4.15. The third-order valence-corrected chi connectivity index (χ3v) is 6.57. The molecule has 4 aromatic rings. The monoisotopic (exact) mass is 586 g/mol. The number of methoxy groups -OCH3 is 1. The summed E-state index contributed by atoms with van der Waals surface area (Å²) in [7, 11) is 3.18. The smallest absolute Gasteiger partial charge is 0.435 e. The normalized spacial score (nSPS) is 12.0. The lowest BCUT2D eigenvalue weighted by Gasteiger charge is -2.21. The molecule has 224 valence electrons. The molecule has 2 aromatic heterocycles. The number of amides is 2. The van der Waals surface area contributed by atoms with Gasteiger partial charge in [0, 0.05) is 30.9 Å². The van der Waals surface area contributed by atoms with Gasteiger partial charge >= 0.3 is 12.1 Å². The highest BCUT2D eigenvalue weighted by molar-refractivity contribution is 6.07. The molecule has 0 aliphatic heterocycles. The lowest BCUT2D eigenvalue weighted by molar-refractivity contribution is -0.140. The number of amidine groups is 1. The van der Waals surface area contributed by atoms with Gasteiger partial charge in [-0.1, -0.05) is 13.0 Å². The molecule has 0 spiro atoms. The maximum absolute atomic E-state index is 13.6. The van der Waals surface area contributed by atoms with Crippen LogP contribution in [0.1, 0.15) is 54.5 Å². The van der Waals surface area contributed by atoms with E-state index in [0.29, 0.717) is 40.5 Å². The first-order valence-corrected chi connectivity index (χ1v) is 13.8. The Morgan fingerprint density at radius 1 is 1.07 bits per heavy atom. The van der Waals surface area contributed by atoms with Crippen LogP contribution in [-0.2, 0) is 21.3 Å². The number of hydrogen-bond donors (Lipinski definition) is 1. The van der Waals surface area contributed by atoms with Crippen LogP contribution in [0.3, 0.4) is 0 Å². The highest BCUT2D eigenvalue weighted by atomic mass is 16.5. The summed E-state index contributed by atoms with van der Waals surface area (Å²) in [4.78, 5) is 51.3. The van der Waals surface area contributed by atoms with Gasteiger partial charge in [0.05, 0.1) is 31.2 Å². The topological polar surface area (TPSA) is 151 Å². The number of aryl methyl sites for hydroxylation is 1. The van der Waals surface area contributed by atoms with Gasteiger partial charge in [-0.2, -0.15) is 4.99 Å². The molecule has 4 rings (SSSR count). The van der Waals surface area contributed by atoms with Gasteiger partial charge in [0.15, 0.2) is 11.9 Å². The zero-order valence-corrected chi connectivity index (χ0v) is 24.5. The van der Waals surface area contributed by atoms with E-state index < -0.39 is 18.2 Å². The van der Waals surface area contributed by atoms with Gasteiger partial charge in [0.25, 0.3) is 5.91 Å². The lowest BCUT2D eigenvalue weighted by atomic mass is 10.1. The van der Waals surface area contributed by atoms with E-state index in [1.54, 1.807) is 60.8 Å². The van der Waals surface area contributed by atoms with Crippen LogP contribution in [0.5, 0.6) is 5.75 Å². The third kappa shape index (κ3) is 7.53. The Labute approximate surface area is 249 Å². The Balaban J connectivity index is 1.51. The molecule has 0 saturated carbocycles. The van der Waals surface area contributed by atoms with Crippen molar-refractivity contribution in [2.45, 2.75) is 32.8 Å². The molecule has 1 unspecified atom stereocenters. The summed E-state index contributed by atoms with van der Waals surface area (Å²) in [5.74, 6) is 0.949. The fourth-order valence-electron chi connectivity index (χ4n) is 4.36. The summed E-state index contributed by atoms with van der Waals surface area (Å²) in [5.41, 5.74) is 8.32. The van der Waals surface area contributed by atoms with Crippen molar-refractivity contribution in [3.8, 4) is 5.75 Å². The number of pyridine rings is 1. The molecule has 2 heterocycles. The fourth-order valence-corrected chi connectivity index (χ4v) is 4.36. The number of anilines is 1. The van der Waals surface area contributed by atoms with E-state index in [9.17, 15) is 14.4 Å². The molecule has 2 amide bonds. The molecule has 0 fully saturated rings. The summed E-state index contributed by atoms with van der Waals surface area (Å²) in [6, 6.07) is 17.4. The maximum Gasteiger partial charge on any atom is 0.435 e. The van der Waals surface area contributed by atoms with E-state index >= 15 is 0 Å². The maximum atomic E-state index is 13.6. The number of ether oxygens (including phenoxy) is 3. The van der Waals surface area contributed by atoms with Crippen molar-refractivity contribution in [1.82, 2.24) is 14.5 Å². The first-order valence-electron chi connectivity index (χ1n) is 13.8. The van der Waals surface area contributed by atoms with Crippen LogP contribution >= 0.6 is 0 Å². The molecule has 2 aromatic carbocycles. The zero-order valence-electron chi connectivity index (χ0n) is 24.5. The number of aliphatic imine (C=N–C) groups is 1. The number of benzene rings is 2. The van der Waals surface area contributed by atoms with Crippen LogP contribution in [0.25, 0.3) is 11.0 Å². The Morgan fingerprint density at radius 3 is 2.49 bits per heavy atom. The minimum Gasteiger partial charge on any atom is -0.483 e. The molecule has 12 nitrogen and oxygen atoms in total. The van der Waals surface area contributed by atoms with E-state index in [0.717, 1.165) is 5.52 Å². The van der Waals surface area contributed by atoms with E-state index in [2.05, 4.69) is 9.98 Å². The number of rotatable bonds is 11. The van der Waals surface area contributed by atoms with Crippen molar-refractivity contribution in [1.29, 1.82) is 0 Å². The van der Waals surface area contributed by atoms with Crippen LogP contribution in [0.15, 0.2) is 71.9 Å². The number of nitrogens with two attached hydrogens (primary N) is 1. The first kappa shape index (κ1) is 30.7. The standard InChI is InChI=1S/C31H34N6O6/c1-5-18-42-31(40)35-28(32)21-9-12-23(13-10-21)43-20(2)29-34-24-19-22(11-14-25(24)36(29)3)30(39)37(17-15-27(38)41-4)26-8-6-7-16-33-26/h6-14,16,19-20H,5,15,17-18H2,1-4H3,(H2,32,35,40). The van der Waals surface area contributed by atoms with E-state index in [4.69, 9.17) is 24.9 Å². The van der Waals surface area contributed by atoms with Crippen LogP contribution in [0.4, 0.5) is 10.6 Å². The third-order valence-electron chi connectivity index (χ3n) is 6.57. The van der Waals surface area contributed by atoms with Gasteiger partial charge in [-0.25, -0.2) is 14.8 Å². The summed E-state index contributed by atoms with van der Waals surface area (Å²) < 4.78 is 17.7. The first-order chi connectivity index (χ1) is 20.7. The predicted molar refractivity (Wildman–Crippen MR) is 161 cm³/mol. The van der Waals surface area contributed by atoms with Crippen molar-refractivity contribution in [2.24, 2.45) is 17.8 Å². The molecule has 0 bridgehead atoms. The predicted octanol–water partition coefficient (Wildman–Crippen LogP) is 4.57. The van der Waals surface area contributed by atoms with Crippen LogP contribution in [0.2, 0.25) is 0 Å². The number of nitrogens with zero attached hydrogens (tertiary/aromatic N) is 5.